The number of halogens is 1. The van der Waals surface area contributed by atoms with E-state index in [1.165, 1.54) is 13.3 Å². The number of nitrogens with zero attached hydrogens (tertiary/aromatic N) is 1. The number of methoxy groups -OCH3 is 2. The first-order valence-corrected chi connectivity index (χ1v) is 8.40. The van der Waals surface area contributed by atoms with Gasteiger partial charge in [-0.3, -0.25) is 9.59 Å². The van der Waals surface area contributed by atoms with E-state index in [4.69, 9.17) is 9.47 Å². The predicted molar refractivity (Wildman–Crippen MR) is 102 cm³/mol. The predicted octanol–water partition coefficient (Wildman–Crippen LogP) is 2.35. The second-order valence-corrected chi connectivity index (χ2v) is 6.01. The van der Waals surface area contributed by atoms with Gasteiger partial charge >= 0.3 is 0 Å². The molecule has 0 radical (unpaired) electrons. The molecule has 2 N–H and O–H groups in total. The minimum Gasteiger partial charge on any atom is -0.497 e. The summed E-state index contributed by atoms with van der Waals surface area (Å²) in [5.41, 5.74) is 3.45. The van der Waals surface area contributed by atoms with Gasteiger partial charge in [-0.05, 0) is 36.4 Å². The SMILES string of the molecule is COc1ccc(OC)c(/C=N\NC(=O)CNC(=O)c2cccc(Br)c2)c1. The lowest BCUT2D eigenvalue weighted by molar-refractivity contribution is -0.120. The molecule has 2 aromatic rings. The molecule has 0 heterocycles. The van der Waals surface area contributed by atoms with Crippen LogP contribution in [0.1, 0.15) is 15.9 Å². The van der Waals surface area contributed by atoms with Gasteiger partial charge in [-0.15, -0.1) is 0 Å². The molecule has 26 heavy (non-hydrogen) atoms. The third-order valence-corrected chi connectivity index (χ3v) is 3.82. The average Bonchev–Trinajstić information content (AvgIpc) is 2.66. The zero-order valence-electron chi connectivity index (χ0n) is 14.3. The molecule has 0 fully saturated rings. The summed E-state index contributed by atoms with van der Waals surface area (Å²) in [6, 6.07) is 12.1. The standard InChI is InChI=1S/C18H18BrN3O4/c1-25-15-6-7-16(26-2)13(9-15)10-21-22-17(23)11-20-18(24)12-4-3-5-14(19)8-12/h3-10H,11H2,1-2H3,(H,20,24)(H,22,23)/b21-10-. The van der Waals surface area contributed by atoms with Crippen LogP contribution in [0.3, 0.4) is 0 Å². The smallest absolute Gasteiger partial charge is 0.259 e. The summed E-state index contributed by atoms with van der Waals surface area (Å²) in [5, 5.41) is 6.40. The highest BCUT2D eigenvalue weighted by Crippen LogP contribution is 2.22. The van der Waals surface area contributed by atoms with Crippen molar-refractivity contribution in [1.82, 2.24) is 10.7 Å². The molecule has 0 aliphatic carbocycles. The van der Waals surface area contributed by atoms with Crippen molar-refractivity contribution < 1.29 is 19.1 Å². The first-order chi connectivity index (χ1) is 12.5. The normalized spacial score (nSPS) is 10.4. The Bertz CT molecular complexity index is 824. The highest BCUT2D eigenvalue weighted by Gasteiger charge is 2.08. The van der Waals surface area contributed by atoms with E-state index in [0.29, 0.717) is 22.6 Å². The minimum absolute atomic E-state index is 0.196. The number of carbonyl (C=O) groups excluding carboxylic acids is 2. The van der Waals surface area contributed by atoms with Gasteiger partial charge in [0.15, 0.2) is 0 Å². The Kier molecular flexibility index (Phi) is 7.16. The molecule has 2 aromatic carbocycles. The number of ether oxygens (including phenoxy) is 2. The van der Waals surface area contributed by atoms with Gasteiger partial charge in [0, 0.05) is 15.6 Å². The van der Waals surface area contributed by atoms with Gasteiger partial charge in [-0.2, -0.15) is 5.10 Å². The van der Waals surface area contributed by atoms with Crippen molar-refractivity contribution in [3.05, 3.63) is 58.1 Å². The highest BCUT2D eigenvalue weighted by molar-refractivity contribution is 9.10. The van der Waals surface area contributed by atoms with Crippen molar-refractivity contribution in [2.75, 3.05) is 20.8 Å². The van der Waals surface area contributed by atoms with E-state index in [-0.39, 0.29) is 12.5 Å². The van der Waals surface area contributed by atoms with E-state index in [9.17, 15) is 9.59 Å². The van der Waals surface area contributed by atoms with Gasteiger partial charge in [0.2, 0.25) is 0 Å². The zero-order valence-corrected chi connectivity index (χ0v) is 15.9. The number of rotatable bonds is 7. The van der Waals surface area contributed by atoms with Gasteiger partial charge in [-0.1, -0.05) is 22.0 Å². The summed E-state index contributed by atoms with van der Waals surface area (Å²) in [7, 11) is 3.09. The molecule has 0 aliphatic rings. The number of nitrogens with one attached hydrogen (secondary N) is 2. The summed E-state index contributed by atoms with van der Waals surface area (Å²) in [5.74, 6) is 0.429. The molecule has 2 amide bonds. The maximum absolute atomic E-state index is 12.0. The Morgan fingerprint density at radius 1 is 1.15 bits per heavy atom. The van der Waals surface area contributed by atoms with Crippen LogP contribution >= 0.6 is 15.9 Å². The number of benzene rings is 2. The summed E-state index contributed by atoms with van der Waals surface area (Å²) >= 11 is 3.29. The molecule has 0 unspecified atom stereocenters. The third kappa shape index (κ3) is 5.59. The van der Waals surface area contributed by atoms with Crippen LogP contribution in [-0.2, 0) is 4.79 Å². The topological polar surface area (TPSA) is 89.0 Å². The quantitative estimate of drug-likeness (QED) is 0.532. The first-order valence-electron chi connectivity index (χ1n) is 7.61. The van der Waals surface area contributed by atoms with Crippen molar-refractivity contribution in [2.45, 2.75) is 0 Å². The summed E-state index contributed by atoms with van der Waals surface area (Å²) in [6.45, 7) is -0.196. The van der Waals surface area contributed by atoms with Gasteiger partial charge in [0.05, 0.1) is 27.0 Å². The summed E-state index contributed by atoms with van der Waals surface area (Å²) < 4.78 is 11.1. The molecule has 0 aromatic heterocycles. The van der Waals surface area contributed by atoms with Crippen LogP contribution in [0.5, 0.6) is 11.5 Å². The molecule has 0 aliphatic heterocycles. The maximum atomic E-state index is 12.0. The van der Waals surface area contributed by atoms with E-state index in [1.807, 2.05) is 6.07 Å². The molecule has 0 saturated carbocycles. The van der Waals surface area contributed by atoms with E-state index in [0.717, 1.165) is 4.47 Å². The minimum atomic E-state index is -0.452. The number of hydrogen-bond acceptors (Lipinski definition) is 5. The molecule has 0 atom stereocenters. The van der Waals surface area contributed by atoms with Crippen LogP contribution < -0.4 is 20.2 Å². The molecule has 8 heteroatoms. The number of amides is 2. The van der Waals surface area contributed by atoms with Gasteiger partial charge in [0.25, 0.3) is 11.8 Å². The monoisotopic (exact) mass is 419 g/mol. The molecular weight excluding hydrogens is 402 g/mol. The largest absolute Gasteiger partial charge is 0.497 e. The van der Waals surface area contributed by atoms with Crippen molar-refractivity contribution in [1.29, 1.82) is 0 Å². The lowest BCUT2D eigenvalue weighted by atomic mass is 10.2. The second kappa shape index (κ2) is 9.57. The van der Waals surface area contributed by atoms with Gasteiger partial charge in [0.1, 0.15) is 11.5 Å². The van der Waals surface area contributed by atoms with E-state index in [2.05, 4.69) is 31.8 Å². The maximum Gasteiger partial charge on any atom is 0.259 e. The third-order valence-electron chi connectivity index (χ3n) is 3.33. The van der Waals surface area contributed by atoms with Crippen LogP contribution in [-0.4, -0.2) is 38.8 Å². The van der Waals surface area contributed by atoms with E-state index >= 15 is 0 Å². The molecule has 0 saturated heterocycles. The van der Waals surface area contributed by atoms with Crippen LogP contribution in [0.4, 0.5) is 0 Å². The molecule has 2 rings (SSSR count). The van der Waals surface area contributed by atoms with Crippen molar-refractivity contribution >= 4 is 34.0 Å². The van der Waals surface area contributed by atoms with Crippen molar-refractivity contribution in [2.24, 2.45) is 5.10 Å². The first kappa shape index (κ1) is 19.5. The lowest BCUT2D eigenvalue weighted by Gasteiger charge is -2.07. The Balaban J connectivity index is 1.88. The van der Waals surface area contributed by atoms with Crippen LogP contribution in [0.25, 0.3) is 0 Å². The fourth-order valence-corrected chi connectivity index (χ4v) is 2.45. The molecular formula is C18H18BrN3O4. The number of carbonyl (C=O) groups is 2. The van der Waals surface area contributed by atoms with Crippen LogP contribution in [0.2, 0.25) is 0 Å². The lowest BCUT2D eigenvalue weighted by Crippen LogP contribution is -2.34. The zero-order chi connectivity index (χ0) is 18.9. The fourth-order valence-electron chi connectivity index (χ4n) is 2.05. The van der Waals surface area contributed by atoms with E-state index in [1.54, 1.807) is 43.5 Å². The molecule has 7 nitrogen and oxygen atoms in total. The average molecular weight is 420 g/mol. The number of hydrazone groups is 1. The summed E-state index contributed by atoms with van der Waals surface area (Å²) in [4.78, 5) is 23.8. The van der Waals surface area contributed by atoms with Gasteiger partial charge < -0.3 is 14.8 Å². The molecule has 0 spiro atoms. The summed E-state index contributed by atoms with van der Waals surface area (Å²) in [6.07, 6.45) is 1.44. The number of hydrogen-bond donors (Lipinski definition) is 2. The highest BCUT2D eigenvalue weighted by atomic mass is 79.9. The Labute approximate surface area is 159 Å². The molecule has 136 valence electrons. The van der Waals surface area contributed by atoms with Crippen LogP contribution in [0, 0.1) is 0 Å². The Morgan fingerprint density at radius 2 is 1.96 bits per heavy atom. The van der Waals surface area contributed by atoms with Crippen molar-refractivity contribution in [3.8, 4) is 11.5 Å². The Hall–Kier alpha value is -2.87. The molecule has 0 bridgehead atoms. The van der Waals surface area contributed by atoms with E-state index < -0.39 is 5.91 Å². The van der Waals surface area contributed by atoms with Gasteiger partial charge in [-0.25, -0.2) is 5.43 Å². The second-order valence-electron chi connectivity index (χ2n) is 5.09. The van der Waals surface area contributed by atoms with Crippen LogP contribution in [0.15, 0.2) is 52.0 Å². The Morgan fingerprint density at radius 3 is 2.65 bits per heavy atom. The fraction of sp³-hybridized carbons (Fsp3) is 0.167. The van der Waals surface area contributed by atoms with Crippen molar-refractivity contribution in [3.63, 3.8) is 0 Å².